The first-order valence-corrected chi connectivity index (χ1v) is 6.85. The van der Waals surface area contributed by atoms with Gasteiger partial charge in [-0.05, 0) is 18.4 Å². The molecule has 0 saturated carbocycles. The summed E-state index contributed by atoms with van der Waals surface area (Å²) in [6, 6.07) is 9.52. The monoisotopic (exact) mass is 293 g/mol. The van der Waals surface area contributed by atoms with Gasteiger partial charge in [0.25, 0.3) is 0 Å². The second-order valence-corrected chi connectivity index (χ2v) is 4.87. The van der Waals surface area contributed by atoms with Crippen LogP contribution in [0.1, 0.15) is 12.0 Å². The van der Waals surface area contributed by atoms with Crippen LogP contribution in [0.4, 0.5) is 0 Å². The number of nitrogens with zero attached hydrogens (tertiary/aromatic N) is 2. The molecule has 0 bridgehead atoms. The van der Waals surface area contributed by atoms with Crippen LogP contribution in [0.15, 0.2) is 35.5 Å². The fraction of sp³-hybridized carbons (Fsp3) is 0.467. The van der Waals surface area contributed by atoms with E-state index in [1.807, 2.05) is 30.3 Å². The molecule has 1 rings (SSSR count). The normalized spacial score (nSPS) is 13.0. The van der Waals surface area contributed by atoms with Crippen molar-refractivity contribution >= 4 is 11.7 Å². The van der Waals surface area contributed by atoms with Crippen LogP contribution in [0, 0.1) is 5.92 Å². The minimum Gasteiger partial charge on any atom is -0.409 e. The molecule has 6 heteroatoms. The van der Waals surface area contributed by atoms with E-state index in [9.17, 15) is 4.79 Å². The van der Waals surface area contributed by atoms with E-state index in [0.29, 0.717) is 19.6 Å². The molecule has 1 aromatic carbocycles. The van der Waals surface area contributed by atoms with Gasteiger partial charge in [-0.3, -0.25) is 4.79 Å². The number of carbonyl (C=O) groups is 1. The van der Waals surface area contributed by atoms with Crippen molar-refractivity contribution in [3.05, 3.63) is 35.9 Å². The highest BCUT2D eigenvalue weighted by molar-refractivity contribution is 6.02. The number of hydrogen-bond donors (Lipinski definition) is 2. The summed E-state index contributed by atoms with van der Waals surface area (Å²) in [6.45, 7) is 1.15. The van der Waals surface area contributed by atoms with Crippen molar-refractivity contribution in [3.8, 4) is 0 Å². The molecule has 1 amide bonds. The minimum absolute atomic E-state index is 0.0672. The van der Waals surface area contributed by atoms with Gasteiger partial charge in [-0.25, -0.2) is 0 Å². The van der Waals surface area contributed by atoms with Gasteiger partial charge in [0.2, 0.25) is 5.91 Å². The molecule has 1 aromatic rings. The third-order valence-electron chi connectivity index (χ3n) is 3.27. The van der Waals surface area contributed by atoms with E-state index in [-0.39, 0.29) is 11.7 Å². The first-order valence-electron chi connectivity index (χ1n) is 6.85. The van der Waals surface area contributed by atoms with Gasteiger partial charge in [-0.1, -0.05) is 35.5 Å². The fourth-order valence-electron chi connectivity index (χ4n) is 2.06. The maximum atomic E-state index is 12.5. The van der Waals surface area contributed by atoms with Crippen LogP contribution >= 0.6 is 0 Å². The Morgan fingerprint density at radius 1 is 1.43 bits per heavy atom. The van der Waals surface area contributed by atoms with E-state index in [4.69, 9.17) is 15.7 Å². The van der Waals surface area contributed by atoms with Crippen LogP contribution in [0.2, 0.25) is 0 Å². The molecule has 1 unspecified atom stereocenters. The Labute approximate surface area is 125 Å². The molecular formula is C15H23N3O3. The lowest BCUT2D eigenvalue weighted by Crippen LogP contribution is -2.41. The highest BCUT2D eigenvalue weighted by Crippen LogP contribution is 2.12. The Balaban J connectivity index is 2.75. The number of benzene rings is 1. The molecule has 116 valence electrons. The lowest BCUT2D eigenvalue weighted by molar-refractivity contribution is -0.132. The van der Waals surface area contributed by atoms with E-state index < -0.39 is 5.92 Å². The molecular weight excluding hydrogens is 270 g/mol. The van der Waals surface area contributed by atoms with Gasteiger partial charge < -0.3 is 20.6 Å². The maximum absolute atomic E-state index is 12.5. The fourth-order valence-corrected chi connectivity index (χ4v) is 2.06. The zero-order chi connectivity index (χ0) is 15.7. The molecule has 0 heterocycles. The number of ether oxygens (including phenoxy) is 1. The SMILES string of the molecule is COCCCN(C)C(=O)C(Cc1ccccc1)C(N)=NO. The van der Waals surface area contributed by atoms with Crippen molar-refractivity contribution in [3.63, 3.8) is 0 Å². The largest absolute Gasteiger partial charge is 0.409 e. The Kier molecular flexibility index (Phi) is 7.25. The number of nitrogens with two attached hydrogens (primary N) is 1. The van der Waals surface area contributed by atoms with Gasteiger partial charge in [-0.2, -0.15) is 0 Å². The Hall–Kier alpha value is -2.08. The summed E-state index contributed by atoms with van der Waals surface area (Å²) in [5, 5.41) is 11.9. The third-order valence-corrected chi connectivity index (χ3v) is 3.27. The van der Waals surface area contributed by atoms with Crippen LogP contribution < -0.4 is 5.73 Å². The summed E-state index contributed by atoms with van der Waals surface area (Å²) in [6.07, 6.45) is 1.15. The minimum atomic E-state index is -0.662. The molecule has 0 aliphatic rings. The average molecular weight is 293 g/mol. The Morgan fingerprint density at radius 3 is 2.67 bits per heavy atom. The van der Waals surface area contributed by atoms with E-state index in [0.717, 1.165) is 12.0 Å². The maximum Gasteiger partial charge on any atom is 0.233 e. The molecule has 0 spiro atoms. The second kappa shape index (κ2) is 8.97. The number of amidine groups is 1. The standard InChI is InChI=1S/C15H23N3O3/c1-18(9-6-10-21-2)15(19)13(14(16)17-20)11-12-7-4-3-5-8-12/h3-5,7-8,13,20H,6,9-11H2,1-2H3,(H2,16,17). The Bertz CT molecular complexity index is 462. The summed E-state index contributed by atoms with van der Waals surface area (Å²) in [4.78, 5) is 14.0. The van der Waals surface area contributed by atoms with Gasteiger partial charge in [0.15, 0.2) is 5.84 Å². The van der Waals surface area contributed by atoms with Crippen LogP contribution in [0.5, 0.6) is 0 Å². The number of carbonyl (C=O) groups excluding carboxylic acids is 1. The molecule has 3 N–H and O–H groups in total. The van der Waals surface area contributed by atoms with Crippen LogP contribution in [0.25, 0.3) is 0 Å². The van der Waals surface area contributed by atoms with Gasteiger partial charge in [0.05, 0.1) is 0 Å². The molecule has 0 aromatic heterocycles. The summed E-state index contributed by atoms with van der Waals surface area (Å²) < 4.78 is 4.97. The van der Waals surface area contributed by atoms with Gasteiger partial charge in [0, 0.05) is 27.3 Å². The topological polar surface area (TPSA) is 88.2 Å². The molecule has 0 fully saturated rings. The summed E-state index contributed by atoms with van der Waals surface area (Å²) in [7, 11) is 3.33. The van der Waals surface area contributed by atoms with Gasteiger partial charge in [0.1, 0.15) is 5.92 Å². The van der Waals surface area contributed by atoms with Crippen molar-refractivity contribution in [2.75, 3.05) is 27.3 Å². The molecule has 1 atom stereocenters. The van der Waals surface area contributed by atoms with E-state index in [1.165, 1.54) is 0 Å². The highest BCUT2D eigenvalue weighted by Gasteiger charge is 2.26. The smallest absolute Gasteiger partial charge is 0.233 e. The van der Waals surface area contributed by atoms with Crippen LogP contribution in [0.3, 0.4) is 0 Å². The van der Waals surface area contributed by atoms with E-state index in [1.54, 1.807) is 19.1 Å². The highest BCUT2D eigenvalue weighted by atomic mass is 16.5. The summed E-state index contributed by atoms with van der Waals surface area (Å²) in [5.41, 5.74) is 6.65. The molecule has 6 nitrogen and oxygen atoms in total. The van der Waals surface area contributed by atoms with E-state index >= 15 is 0 Å². The third kappa shape index (κ3) is 5.43. The van der Waals surface area contributed by atoms with Gasteiger partial charge in [-0.15, -0.1) is 0 Å². The Morgan fingerprint density at radius 2 is 2.10 bits per heavy atom. The number of hydrogen-bond acceptors (Lipinski definition) is 4. The first-order chi connectivity index (χ1) is 10.1. The summed E-state index contributed by atoms with van der Waals surface area (Å²) in [5.74, 6) is -0.891. The van der Waals surface area contributed by atoms with Gasteiger partial charge >= 0.3 is 0 Å². The van der Waals surface area contributed by atoms with Crippen molar-refractivity contribution in [1.82, 2.24) is 4.90 Å². The first kappa shape index (κ1) is 17.0. The number of methoxy groups -OCH3 is 1. The average Bonchev–Trinajstić information content (AvgIpc) is 2.52. The predicted octanol–water partition coefficient (Wildman–Crippen LogP) is 1.09. The lowest BCUT2D eigenvalue weighted by atomic mass is 9.97. The predicted molar refractivity (Wildman–Crippen MR) is 81.2 cm³/mol. The molecule has 0 radical (unpaired) electrons. The van der Waals surface area contributed by atoms with Crippen LogP contribution in [-0.4, -0.2) is 49.2 Å². The van der Waals surface area contributed by atoms with Crippen molar-refractivity contribution < 1.29 is 14.7 Å². The lowest BCUT2D eigenvalue weighted by Gasteiger charge is -2.23. The number of oxime groups is 1. The van der Waals surface area contributed by atoms with Crippen LogP contribution in [-0.2, 0) is 16.0 Å². The molecule has 0 aliphatic carbocycles. The molecule has 0 saturated heterocycles. The molecule has 0 aliphatic heterocycles. The zero-order valence-corrected chi connectivity index (χ0v) is 12.5. The zero-order valence-electron chi connectivity index (χ0n) is 12.5. The number of rotatable bonds is 8. The molecule has 21 heavy (non-hydrogen) atoms. The number of amides is 1. The van der Waals surface area contributed by atoms with E-state index in [2.05, 4.69) is 5.16 Å². The van der Waals surface area contributed by atoms with Crippen molar-refractivity contribution in [1.29, 1.82) is 0 Å². The second-order valence-electron chi connectivity index (χ2n) is 4.87. The van der Waals surface area contributed by atoms with Crippen molar-refractivity contribution in [2.45, 2.75) is 12.8 Å². The quantitative estimate of drug-likeness (QED) is 0.247. The van der Waals surface area contributed by atoms with Crippen molar-refractivity contribution in [2.24, 2.45) is 16.8 Å². The summed E-state index contributed by atoms with van der Waals surface area (Å²) >= 11 is 0.